The summed E-state index contributed by atoms with van der Waals surface area (Å²) < 4.78 is 1.26. The Morgan fingerprint density at radius 2 is 1.89 bits per heavy atom. The maximum atomic E-state index is 4.53. The van der Waals surface area contributed by atoms with Crippen molar-refractivity contribution in [3.63, 3.8) is 0 Å². The third-order valence-electron chi connectivity index (χ3n) is 3.72. The van der Waals surface area contributed by atoms with Crippen LogP contribution in [0.5, 0.6) is 0 Å². The Bertz CT molecular complexity index is 527. The Balaban J connectivity index is 1.70. The molecule has 0 unspecified atom stereocenters. The van der Waals surface area contributed by atoms with Gasteiger partial charge in [0.2, 0.25) is 0 Å². The van der Waals surface area contributed by atoms with Gasteiger partial charge >= 0.3 is 0 Å². The maximum absolute atomic E-state index is 4.53. The minimum absolute atomic E-state index is 0.775. The Labute approximate surface area is 127 Å². The average molecular weight is 367 g/mol. The van der Waals surface area contributed by atoms with Crippen LogP contribution in [-0.2, 0) is 6.42 Å². The van der Waals surface area contributed by atoms with Crippen LogP contribution in [0.3, 0.4) is 0 Å². The molecule has 0 bridgehead atoms. The Morgan fingerprint density at radius 3 is 2.63 bits per heavy atom. The van der Waals surface area contributed by atoms with Crippen LogP contribution in [0, 0.1) is 9.49 Å². The van der Waals surface area contributed by atoms with Gasteiger partial charge in [-0.1, -0.05) is 12.1 Å². The van der Waals surface area contributed by atoms with Gasteiger partial charge in [-0.25, -0.2) is 4.98 Å². The molecule has 1 aliphatic rings. The van der Waals surface area contributed by atoms with Crippen LogP contribution in [-0.4, -0.2) is 23.1 Å². The predicted molar refractivity (Wildman–Crippen MR) is 86.0 cm³/mol. The van der Waals surface area contributed by atoms with Crippen LogP contribution in [0.15, 0.2) is 30.5 Å². The molecule has 0 amide bonds. The Hall–Kier alpha value is -0.880. The number of aromatic nitrogens is 2. The lowest BCUT2D eigenvalue weighted by Crippen LogP contribution is -2.28. The van der Waals surface area contributed by atoms with E-state index < -0.39 is 0 Å². The molecule has 0 saturated carbocycles. The lowest BCUT2D eigenvalue weighted by Gasteiger charge is -2.21. The highest BCUT2D eigenvalue weighted by Gasteiger charge is 2.15. The van der Waals surface area contributed by atoms with Crippen molar-refractivity contribution in [1.29, 1.82) is 0 Å². The Kier molecular flexibility index (Phi) is 4.18. The average Bonchev–Trinajstić information content (AvgIpc) is 2.89. The molecule has 0 radical (unpaired) electrons. The first kappa shape index (κ1) is 13.1. The van der Waals surface area contributed by atoms with Crippen molar-refractivity contribution in [2.24, 2.45) is 5.92 Å². The van der Waals surface area contributed by atoms with Crippen LogP contribution in [0.1, 0.15) is 18.7 Å². The largest absolute Gasteiger partial charge is 0.342 e. The smallest absolute Gasteiger partial charge is 0.106 e. The summed E-state index contributed by atoms with van der Waals surface area (Å²) in [6, 6.07) is 8.54. The number of benzene rings is 1. The zero-order valence-electron chi connectivity index (χ0n) is 10.8. The fourth-order valence-corrected chi connectivity index (χ4v) is 2.96. The van der Waals surface area contributed by atoms with Crippen molar-refractivity contribution in [2.75, 3.05) is 13.1 Å². The van der Waals surface area contributed by atoms with E-state index >= 15 is 0 Å². The van der Waals surface area contributed by atoms with Crippen molar-refractivity contribution in [2.45, 2.75) is 19.3 Å². The van der Waals surface area contributed by atoms with E-state index in [-0.39, 0.29) is 0 Å². The van der Waals surface area contributed by atoms with E-state index in [4.69, 9.17) is 0 Å². The van der Waals surface area contributed by atoms with E-state index in [0.29, 0.717) is 0 Å². The van der Waals surface area contributed by atoms with Gasteiger partial charge in [-0.3, -0.25) is 0 Å². The van der Waals surface area contributed by atoms with Gasteiger partial charge in [0.1, 0.15) is 5.82 Å². The second-order valence-corrected chi connectivity index (χ2v) is 6.39. The van der Waals surface area contributed by atoms with Gasteiger partial charge in [-0.15, -0.1) is 0 Å². The molecule has 1 fully saturated rings. The number of aromatic amines is 1. The molecule has 2 aromatic rings. The molecule has 19 heavy (non-hydrogen) atoms. The van der Waals surface area contributed by atoms with Crippen molar-refractivity contribution in [3.05, 3.63) is 39.9 Å². The molecule has 1 aromatic carbocycles. The van der Waals surface area contributed by atoms with Crippen molar-refractivity contribution >= 4 is 22.6 Å². The van der Waals surface area contributed by atoms with Gasteiger partial charge < -0.3 is 10.3 Å². The van der Waals surface area contributed by atoms with Crippen LogP contribution < -0.4 is 5.32 Å². The number of piperidine rings is 1. The van der Waals surface area contributed by atoms with Crippen molar-refractivity contribution < 1.29 is 0 Å². The fourth-order valence-electron chi connectivity index (χ4n) is 2.60. The normalized spacial score (nSPS) is 16.7. The molecule has 2 heterocycles. The topological polar surface area (TPSA) is 40.7 Å². The molecule has 0 spiro atoms. The van der Waals surface area contributed by atoms with E-state index in [2.05, 4.69) is 62.1 Å². The molecule has 3 rings (SSSR count). The number of hydrogen-bond donors (Lipinski definition) is 2. The second kappa shape index (κ2) is 6.05. The zero-order chi connectivity index (χ0) is 13.1. The number of halogens is 1. The Morgan fingerprint density at radius 1 is 1.16 bits per heavy atom. The summed E-state index contributed by atoms with van der Waals surface area (Å²) in [4.78, 5) is 7.99. The monoisotopic (exact) mass is 367 g/mol. The van der Waals surface area contributed by atoms with E-state index in [1.807, 2.05) is 6.20 Å². The summed E-state index contributed by atoms with van der Waals surface area (Å²) in [5.41, 5.74) is 2.34. The third kappa shape index (κ3) is 3.36. The number of rotatable bonds is 3. The molecule has 3 nitrogen and oxygen atoms in total. The molecular weight excluding hydrogens is 349 g/mol. The first-order valence-corrected chi connectivity index (χ1v) is 7.89. The molecule has 100 valence electrons. The number of nitrogens with one attached hydrogen (secondary N) is 2. The van der Waals surface area contributed by atoms with Crippen LogP contribution in [0.4, 0.5) is 0 Å². The minimum Gasteiger partial charge on any atom is -0.342 e. The summed E-state index contributed by atoms with van der Waals surface area (Å²) in [6.45, 7) is 2.30. The molecule has 1 aliphatic heterocycles. The van der Waals surface area contributed by atoms with E-state index in [1.54, 1.807) is 0 Å². The fraction of sp³-hybridized carbons (Fsp3) is 0.400. The van der Waals surface area contributed by atoms with Gasteiger partial charge in [0, 0.05) is 9.99 Å². The second-order valence-electron chi connectivity index (χ2n) is 5.15. The minimum atomic E-state index is 0.775. The molecule has 1 saturated heterocycles. The van der Waals surface area contributed by atoms with E-state index in [0.717, 1.165) is 36.9 Å². The lowest BCUT2D eigenvalue weighted by molar-refractivity contribution is 0.368. The quantitative estimate of drug-likeness (QED) is 0.818. The molecule has 2 N–H and O–H groups in total. The van der Waals surface area contributed by atoms with E-state index in [9.17, 15) is 0 Å². The number of H-pyrrole nitrogens is 1. The molecule has 0 aliphatic carbocycles. The lowest BCUT2D eigenvalue weighted by atomic mass is 9.94. The number of hydrogen-bond acceptors (Lipinski definition) is 2. The first-order chi connectivity index (χ1) is 9.31. The van der Waals surface area contributed by atoms with Gasteiger partial charge in [0.05, 0.1) is 11.9 Å². The molecular formula is C15H18IN3. The number of imidazole rings is 1. The number of nitrogens with zero attached hydrogens (tertiary/aromatic N) is 1. The highest BCUT2D eigenvalue weighted by molar-refractivity contribution is 14.1. The highest BCUT2D eigenvalue weighted by Crippen LogP contribution is 2.21. The summed E-state index contributed by atoms with van der Waals surface area (Å²) in [5.74, 6) is 1.90. The first-order valence-electron chi connectivity index (χ1n) is 6.82. The predicted octanol–water partition coefficient (Wildman–Crippen LogP) is 3.22. The van der Waals surface area contributed by atoms with Gasteiger partial charge in [0.15, 0.2) is 0 Å². The van der Waals surface area contributed by atoms with Crippen LogP contribution >= 0.6 is 22.6 Å². The summed E-state index contributed by atoms with van der Waals surface area (Å²) in [6.07, 6.45) is 5.56. The molecule has 4 heteroatoms. The van der Waals surface area contributed by atoms with Crippen LogP contribution in [0.2, 0.25) is 0 Å². The van der Waals surface area contributed by atoms with Crippen LogP contribution in [0.25, 0.3) is 11.3 Å². The third-order valence-corrected chi connectivity index (χ3v) is 4.44. The SMILES string of the molecule is Ic1ccc(-c2cnc(CC3CCNCC3)[nH]2)cc1. The summed E-state index contributed by atoms with van der Waals surface area (Å²) in [7, 11) is 0. The zero-order valence-corrected chi connectivity index (χ0v) is 13.0. The maximum Gasteiger partial charge on any atom is 0.106 e. The van der Waals surface area contributed by atoms with E-state index in [1.165, 1.54) is 22.0 Å². The molecule has 1 aromatic heterocycles. The summed E-state index contributed by atoms with van der Waals surface area (Å²) >= 11 is 2.33. The van der Waals surface area contributed by atoms with Crippen molar-refractivity contribution in [1.82, 2.24) is 15.3 Å². The van der Waals surface area contributed by atoms with Gasteiger partial charge in [-0.2, -0.15) is 0 Å². The highest BCUT2D eigenvalue weighted by atomic mass is 127. The van der Waals surface area contributed by atoms with Gasteiger partial charge in [-0.05, 0) is 72.1 Å². The molecule has 0 atom stereocenters. The summed E-state index contributed by atoms with van der Waals surface area (Å²) in [5, 5.41) is 3.41. The standard InChI is InChI=1S/C15H18IN3/c16-13-3-1-12(2-4-13)14-10-18-15(19-14)9-11-5-7-17-8-6-11/h1-4,10-11,17H,5-9H2,(H,18,19). The van der Waals surface area contributed by atoms with Gasteiger partial charge in [0.25, 0.3) is 0 Å². The van der Waals surface area contributed by atoms with Crippen molar-refractivity contribution in [3.8, 4) is 11.3 Å².